The van der Waals surface area contributed by atoms with Crippen LogP contribution in [0, 0.1) is 11.1 Å². The van der Waals surface area contributed by atoms with Gasteiger partial charge in [0.25, 0.3) is 0 Å². The summed E-state index contributed by atoms with van der Waals surface area (Å²) in [4.78, 5) is 15.4. The Hall–Kier alpha value is -0.861. The molecule has 0 aliphatic heterocycles. The van der Waals surface area contributed by atoms with Crippen LogP contribution in [0.1, 0.15) is 12.5 Å². The first-order valence-electron chi connectivity index (χ1n) is 3.48. The van der Waals surface area contributed by atoms with E-state index in [1.54, 1.807) is 6.20 Å². The van der Waals surface area contributed by atoms with Crippen LogP contribution in [0.25, 0.3) is 0 Å². The van der Waals surface area contributed by atoms with Crippen LogP contribution >= 0.6 is 0 Å². The second kappa shape index (κ2) is 3.70. The maximum atomic E-state index is 10.6. The van der Waals surface area contributed by atoms with Gasteiger partial charge in [-0.1, -0.05) is 0 Å². The third-order valence-corrected chi connectivity index (χ3v) is 1.89. The Balaban J connectivity index is 3.02. The molecule has 0 radical (unpaired) electrons. The molecule has 0 spiro atoms. The van der Waals surface area contributed by atoms with Crippen LogP contribution in [0.3, 0.4) is 0 Å². The van der Waals surface area contributed by atoms with E-state index in [1.165, 1.54) is 11.7 Å². The van der Waals surface area contributed by atoms with Gasteiger partial charge in [-0.15, -0.1) is 0 Å². The molecule has 0 saturated carbocycles. The van der Waals surface area contributed by atoms with Gasteiger partial charge in [-0.25, -0.2) is 0 Å². The molecule has 0 unspecified atom stereocenters. The molecule has 12 heavy (non-hydrogen) atoms. The van der Waals surface area contributed by atoms with Crippen molar-refractivity contribution in [3.63, 3.8) is 0 Å². The minimum atomic E-state index is -0.333. The van der Waals surface area contributed by atoms with Crippen molar-refractivity contribution in [2.24, 2.45) is 0 Å². The van der Waals surface area contributed by atoms with Gasteiger partial charge in [0.15, 0.2) is 0 Å². The molecular formula is C8H9NO2Se. The Morgan fingerprint density at radius 3 is 2.83 bits per heavy atom. The van der Waals surface area contributed by atoms with E-state index in [0.717, 1.165) is 9.76 Å². The quantitative estimate of drug-likeness (QED) is 0.657. The molecule has 4 heteroatoms. The fourth-order valence-corrected chi connectivity index (χ4v) is 1.38. The average Bonchev–Trinajstić information content (AvgIpc) is 1.94. The zero-order valence-electron chi connectivity index (χ0n) is 6.90. The second-order valence-corrected chi connectivity index (χ2v) is 3.33. The summed E-state index contributed by atoms with van der Waals surface area (Å²) in [6, 6.07) is 3.76. The molecule has 0 fully saturated rings. The third kappa shape index (κ3) is 2.32. The van der Waals surface area contributed by atoms with Gasteiger partial charge in [0.1, 0.15) is 0 Å². The number of carbonyl (C=O) groups excluding carboxylic acids is 1. The van der Waals surface area contributed by atoms with Gasteiger partial charge in [-0.3, -0.25) is 0 Å². The average molecular weight is 230 g/mol. The van der Waals surface area contributed by atoms with Crippen molar-refractivity contribution >= 4 is 21.5 Å². The summed E-state index contributed by atoms with van der Waals surface area (Å²) in [5.74, 6) is -0.333. The number of aryl methyl sites for hydroxylation is 1. The zero-order chi connectivity index (χ0) is 9.14. The molecule has 0 amide bonds. The van der Waals surface area contributed by atoms with Crippen LogP contribution in [0.2, 0.25) is 0 Å². The second-order valence-electron chi connectivity index (χ2n) is 2.45. The first-order valence-corrected chi connectivity index (χ1v) is 4.33. The van der Waals surface area contributed by atoms with Crippen molar-refractivity contribution in [2.75, 3.05) is 0 Å². The molecule has 0 N–H and O–H groups in total. The molecule has 3 nitrogen and oxygen atoms in total. The van der Waals surface area contributed by atoms with Crippen LogP contribution in [-0.4, -0.2) is 26.3 Å². The van der Waals surface area contributed by atoms with Gasteiger partial charge in [0, 0.05) is 0 Å². The van der Waals surface area contributed by atoms with E-state index in [9.17, 15) is 4.79 Å². The van der Waals surface area contributed by atoms with E-state index in [2.05, 4.69) is 15.6 Å². The van der Waals surface area contributed by atoms with E-state index in [-0.39, 0.29) is 5.97 Å². The van der Waals surface area contributed by atoms with Crippen LogP contribution < -0.4 is 4.84 Å². The van der Waals surface area contributed by atoms with E-state index < -0.39 is 0 Å². The normalized spacial score (nSPS) is 9.50. The number of pyridine rings is 1. The summed E-state index contributed by atoms with van der Waals surface area (Å²) in [5.41, 5.74) is 1.12. The summed E-state index contributed by atoms with van der Waals surface area (Å²) in [7, 11) is 0. The maximum absolute atomic E-state index is 10.6. The van der Waals surface area contributed by atoms with E-state index in [4.69, 9.17) is 4.84 Å². The summed E-state index contributed by atoms with van der Waals surface area (Å²) < 4.78 is 2.18. The van der Waals surface area contributed by atoms with Crippen molar-refractivity contribution in [1.82, 2.24) is 4.73 Å². The third-order valence-electron chi connectivity index (χ3n) is 1.27. The fraction of sp³-hybridized carbons (Fsp3) is 0.250. The first kappa shape index (κ1) is 9.23. The first-order chi connectivity index (χ1) is 5.59. The molecule has 0 aliphatic rings. The Morgan fingerprint density at radius 2 is 2.33 bits per heavy atom. The van der Waals surface area contributed by atoms with Crippen LogP contribution in [0.15, 0.2) is 18.3 Å². The number of rotatable bonds is 1. The zero-order valence-corrected chi connectivity index (χ0v) is 8.62. The molecule has 1 aromatic heterocycles. The summed E-state index contributed by atoms with van der Waals surface area (Å²) in [5, 5.41) is 0. The number of hydrogen-bond donors (Lipinski definition) is 0. The van der Waals surface area contributed by atoms with Gasteiger partial charge in [-0.05, 0) is 0 Å². The topological polar surface area (TPSA) is 31.2 Å². The fourth-order valence-electron chi connectivity index (χ4n) is 0.779. The summed E-state index contributed by atoms with van der Waals surface area (Å²) >= 11 is 2.80. The van der Waals surface area contributed by atoms with Crippen molar-refractivity contribution in [2.45, 2.75) is 13.8 Å². The van der Waals surface area contributed by atoms with E-state index in [0.29, 0.717) is 0 Å². The van der Waals surface area contributed by atoms with Crippen LogP contribution in [0.4, 0.5) is 0 Å². The van der Waals surface area contributed by atoms with Crippen molar-refractivity contribution in [3.05, 3.63) is 28.1 Å². The molecule has 0 aromatic carbocycles. The molecule has 1 heterocycles. The number of nitrogens with zero attached hydrogens (tertiary/aromatic N) is 1. The number of hydrogen-bond acceptors (Lipinski definition) is 2. The van der Waals surface area contributed by atoms with Gasteiger partial charge in [0.2, 0.25) is 0 Å². The van der Waals surface area contributed by atoms with Crippen LogP contribution in [0.5, 0.6) is 0 Å². The summed E-state index contributed by atoms with van der Waals surface area (Å²) in [6.07, 6.45) is 1.70. The minimum absolute atomic E-state index is 0.333. The predicted molar refractivity (Wildman–Crippen MR) is 45.4 cm³/mol. The molecule has 0 bridgehead atoms. The standard InChI is InChI=1S/C8H9NO2Se/c1-6-3-4-9(8(12)5-6)11-7(2)10/h3-5H,1-2H3. The van der Waals surface area contributed by atoms with Crippen molar-refractivity contribution < 1.29 is 9.63 Å². The van der Waals surface area contributed by atoms with Crippen LogP contribution in [-0.2, 0) is 4.79 Å². The van der Waals surface area contributed by atoms with Gasteiger partial charge >= 0.3 is 77.8 Å². The molecule has 1 aromatic rings. The van der Waals surface area contributed by atoms with E-state index >= 15 is 0 Å². The Labute approximate surface area is 78.3 Å². The monoisotopic (exact) mass is 231 g/mol. The Bertz CT molecular complexity index is 356. The molecule has 0 saturated heterocycles. The Morgan fingerprint density at radius 1 is 1.67 bits per heavy atom. The van der Waals surface area contributed by atoms with Crippen molar-refractivity contribution in [3.8, 4) is 0 Å². The molecule has 1 rings (SSSR count). The van der Waals surface area contributed by atoms with Gasteiger partial charge in [-0.2, -0.15) is 0 Å². The molecule has 0 atom stereocenters. The molecular weight excluding hydrogens is 221 g/mol. The van der Waals surface area contributed by atoms with E-state index in [1.807, 2.05) is 19.1 Å². The molecule has 64 valence electrons. The van der Waals surface area contributed by atoms with Gasteiger partial charge in [0.05, 0.1) is 0 Å². The SMILES string of the molecule is CC(=O)On1ccc(C)cc1=[Se]. The van der Waals surface area contributed by atoms with Crippen molar-refractivity contribution in [1.29, 1.82) is 0 Å². The predicted octanol–water partition coefficient (Wildman–Crippen LogP) is 0.472. The van der Waals surface area contributed by atoms with Gasteiger partial charge < -0.3 is 0 Å². The Kier molecular flexibility index (Phi) is 2.84. The molecule has 0 aliphatic carbocycles. The summed E-state index contributed by atoms with van der Waals surface area (Å²) in [6.45, 7) is 3.34. The number of aromatic nitrogens is 1. The number of carbonyl (C=O) groups is 1.